The smallest absolute Gasteiger partial charge is 0.274 e. The van der Waals surface area contributed by atoms with Gasteiger partial charge in [-0.25, -0.2) is 4.98 Å². The minimum Gasteiger partial charge on any atom is -0.321 e. The van der Waals surface area contributed by atoms with Crippen LogP contribution in [0.2, 0.25) is 10.2 Å². The molecule has 0 atom stereocenters. The van der Waals surface area contributed by atoms with E-state index in [2.05, 4.69) is 10.3 Å². The third-order valence-corrected chi connectivity index (χ3v) is 2.83. The number of aromatic nitrogens is 1. The van der Waals surface area contributed by atoms with Gasteiger partial charge in [0.15, 0.2) is 0 Å². The maximum absolute atomic E-state index is 11.9. The molecule has 0 spiro atoms. The number of hydrogen-bond acceptors (Lipinski definition) is 3. The second kappa shape index (κ2) is 5.70. The molecule has 0 unspecified atom stereocenters. The van der Waals surface area contributed by atoms with Gasteiger partial charge in [0.2, 0.25) is 0 Å². The fourth-order valence-corrected chi connectivity index (χ4v) is 1.74. The first-order valence-electron chi connectivity index (χ1n) is 5.23. The summed E-state index contributed by atoms with van der Waals surface area (Å²) in [5, 5.41) is 12.0. The van der Waals surface area contributed by atoms with E-state index in [-0.39, 0.29) is 10.8 Å². The zero-order chi connectivity index (χ0) is 13.8. The number of hydrogen-bond donors (Lipinski definition) is 1. The van der Waals surface area contributed by atoms with Crippen LogP contribution in [0.1, 0.15) is 16.1 Å². The second-order valence-corrected chi connectivity index (χ2v) is 4.40. The fourth-order valence-electron chi connectivity index (χ4n) is 1.42. The second-order valence-electron chi connectivity index (χ2n) is 3.61. The zero-order valence-electron chi connectivity index (χ0n) is 9.52. The number of nitriles is 1. The predicted octanol–water partition coefficient (Wildman–Crippen LogP) is 3.51. The molecule has 19 heavy (non-hydrogen) atoms. The van der Waals surface area contributed by atoms with Crippen molar-refractivity contribution in [2.75, 3.05) is 5.32 Å². The molecule has 1 amide bonds. The highest BCUT2D eigenvalue weighted by Crippen LogP contribution is 2.20. The third-order valence-electron chi connectivity index (χ3n) is 2.29. The van der Waals surface area contributed by atoms with Crippen LogP contribution in [0.3, 0.4) is 0 Å². The summed E-state index contributed by atoms with van der Waals surface area (Å²) in [6, 6.07) is 11.3. The Hall–Kier alpha value is -2.09. The predicted molar refractivity (Wildman–Crippen MR) is 73.4 cm³/mol. The first kappa shape index (κ1) is 13.3. The number of rotatable bonds is 2. The number of halogens is 2. The van der Waals surface area contributed by atoms with Crippen molar-refractivity contribution >= 4 is 34.8 Å². The van der Waals surface area contributed by atoms with Gasteiger partial charge in [-0.05, 0) is 30.3 Å². The first-order valence-corrected chi connectivity index (χ1v) is 5.99. The number of benzene rings is 1. The van der Waals surface area contributed by atoms with Crippen molar-refractivity contribution in [2.24, 2.45) is 0 Å². The van der Waals surface area contributed by atoms with Crippen LogP contribution in [-0.4, -0.2) is 10.9 Å². The number of amides is 1. The van der Waals surface area contributed by atoms with Gasteiger partial charge in [-0.2, -0.15) is 5.26 Å². The van der Waals surface area contributed by atoms with Gasteiger partial charge in [-0.3, -0.25) is 4.79 Å². The number of pyridine rings is 1. The third kappa shape index (κ3) is 3.22. The highest BCUT2D eigenvalue weighted by Gasteiger charge is 2.09. The van der Waals surface area contributed by atoms with Crippen molar-refractivity contribution in [1.82, 2.24) is 4.98 Å². The summed E-state index contributed by atoms with van der Waals surface area (Å²) in [5.74, 6) is -0.409. The topological polar surface area (TPSA) is 65.8 Å². The molecule has 0 fully saturated rings. The van der Waals surface area contributed by atoms with Gasteiger partial charge in [0.05, 0.1) is 10.6 Å². The lowest BCUT2D eigenvalue weighted by molar-refractivity contribution is 0.102. The Morgan fingerprint density at radius 1 is 1.26 bits per heavy atom. The van der Waals surface area contributed by atoms with E-state index in [4.69, 9.17) is 28.5 Å². The molecule has 0 aliphatic heterocycles. The molecule has 0 radical (unpaired) electrons. The summed E-state index contributed by atoms with van der Waals surface area (Å²) >= 11 is 11.5. The van der Waals surface area contributed by atoms with Crippen LogP contribution in [-0.2, 0) is 0 Å². The van der Waals surface area contributed by atoms with Gasteiger partial charge >= 0.3 is 0 Å². The van der Waals surface area contributed by atoms with Gasteiger partial charge < -0.3 is 5.32 Å². The molecular weight excluding hydrogens is 285 g/mol. The molecule has 94 valence electrons. The molecular formula is C13H7Cl2N3O. The Morgan fingerprint density at radius 2 is 2.05 bits per heavy atom. The SMILES string of the molecule is N#Cc1cc(NC(=O)c2cccc(Cl)n2)ccc1Cl. The Kier molecular flexibility index (Phi) is 4.00. The molecule has 1 N–H and O–H groups in total. The molecule has 2 rings (SSSR count). The largest absolute Gasteiger partial charge is 0.321 e. The summed E-state index contributed by atoms with van der Waals surface area (Å²) in [7, 11) is 0. The van der Waals surface area contributed by atoms with E-state index in [1.807, 2.05) is 6.07 Å². The van der Waals surface area contributed by atoms with E-state index in [0.717, 1.165) is 0 Å². The Morgan fingerprint density at radius 3 is 2.74 bits per heavy atom. The summed E-state index contributed by atoms with van der Waals surface area (Å²) in [6.07, 6.45) is 0. The highest BCUT2D eigenvalue weighted by atomic mass is 35.5. The average Bonchev–Trinajstić information content (AvgIpc) is 2.41. The Balaban J connectivity index is 2.22. The van der Waals surface area contributed by atoms with E-state index in [0.29, 0.717) is 16.3 Å². The Bertz CT molecular complexity index is 680. The van der Waals surface area contributed by atoms with Crippen molar-refractivity contribution in [3.63, 3.8) is 0 Å². The molecule has 4 nitrogen and oxygen atoms in total. The highest BCUT2D eigenvalue weighted by molar-refractivity contribution is 6.31. The van der Waals surface area contributed by atoms with Gasteiger partial charge in [-0.1, -0.05) is 29.3 Å². The first-order chi connectivity index (χ1) is 9.10. The molecule has 1 aromatic heterocycles. The molecule has 0 saturated heterocycles. The number of carbonyl (C=O) groups is 1. The van der Waals surface area contributed by atoms with Crippen molar-refractivity contribution in [2.45, 2.75) is 0 Å². The van der Waals surface area contributed by atoms with Crippen molar-refractivity contribution in [3.05, 3.63) is 57.8 Å². The zero-order valence-corrected chi connectivity index (χ0v) is 11.0. The summed E-state index contributed by atoms with van der Waals surface area (Å²) in [4.78, 5) is 15.8. The summed E-state index contributed by atoms with van der Waals surface area (Å²) in [6.45, 7) is 0. The van der Waals surface area contributed by atoms with E-state index in [1.54, 1.807) is 30.3 Å². The standard InChI is InChI=1S/C13H7Cl2N3O/c14-10-5-4-9(6-8(10)7-16)17-13(19)11-2-1-3-12(15)18-11/h1-6H,(H,17,19). The average molecular weight is 292 g/mol. The number of nitrogens with zero attached hydrogens (tertiary/aromatic N) is 2. The molecule has 0 saturated carbocycles. The van der Waals surface area contributed by atoms with Gasteiger partial charge in [0, 0.05) is 5.69 Å². The Labute approximate surface area is 119 Å². The van der Waals surface area contributed by atoms with Crippen LogP contribution >= 0.6 is 23.2 Å². The van der Waals surface area contributed by atoms with E-state index < -0.39 is 5.91 Å². The normalized spacial score (nSPS) is 9.74. The van der Waals surface area contributed by atoms with Crippen LogP contribution in [0.25, 0.3) is 0 Å². The molecule has 1 heterocycles. The number of carbonyl (C=O) groups excluding carboxylic acids is 1. The number of anilines is 1. The summed E-state index contributed by atoms with van der Waals surface area (Å²) < 4.78 is 0. The number of nitrogens with one attached hydrogen (secondary N) is 1. The van der Waals surface area contributed by atoms with Crippen molar-refractivity contribution < 1.29 is 4.79 Å². The van der Waals surface area contributed by atoms with Crippen LogP contribution in [0.5, 0.6) is 0 Å². The van der Waals surface area contributed by atoms with Crippen LogP contribution in [0.4, 0.5) is 5.69 Å². The molecule has 2 aromatic rings. The quantitative estimate of drug-likeness (QED) is 0.861. The minimum absolute atomic E-state index is 0.195. The fraction of sp³-hybridized carbons (Fsp3) is 0. The summed E-state index contributed by atoms with van der Waals surface area (Å²) in [5.41, 5.74) is 0.951. The monoisotopic (exact) mass is 291 g/mol. The van der Waals surface area contributed by atoms with Gasteiger partial charge in [-0.15, -0.1) is 0 Å². The van der Waals surface area contributed by atoms with Gasteiger partial charge in [0.1, 0.15) is 16.9 Å². The maximum Gasteiger partial charge on any atom is 0.274 e. The van der Waals surface area contributed by atoms with Crippen molar-refractivity contribution in [1.29, 1.82) is 5.26 Å². The van der Waals surface area contributed by atoms with E-state index in [9.17, 15) is 4.79 Å². The lowest BCUT2D eigenvalue weighted by Gasteiger charge is -2.05. The van der Waals surface area contributed by atoms with E-state index in [1.165, 1.54) is 6.07 Å². The van der Waals surface area contributed by atoms with E-state index >= 15 is 0 Å². The molecule has 0 bridgehead atoms. The lowest BCUT2D eigenvalue weighted by Crippen LogP contribution is -2.13. The van der Waals surface area contributed by atoms with Crippen LogP contribution < -0.4 is 5.32 Å². The van der Waals surface area contributed by atoms with Gasteiger partial charge in [0.25, 0.3) is 5.91 Å². The minimum atomic E-state index is -0.409. The van der Waals surface area contributed by atoms with Crippen LogP contribution in [0.15, 0.2) is 36.4 Å². The molecule has 0 aliphatic carbocycles. The van der Waals surface area contributed by atoms with Crippen LogP contribution in [0, 0.1) is 11.3 Å². The molecule has 6 heteroatoms. The van der Waals surface area contributed by atoms with Crippen molar-refractivity contribution in [3.8, 4) is 6.07 Å². The molecule has 0 aliphatic rings. The molecule has 1 aromatic carbocycles. The maximum atomic E-state index is 11.9. The lowest BCUT2D eigenvalue weighted by atomic mass is 10.2.